The summed E-state index contributed by atoms with van der Waals surface area (Å²) >= 11 is 5.70. The van der Waals surface area contributed by atoms with Crippen molar-refractivity contribution in [3.05, 3.63) is 63.9 Å². The molecule has 0 spiro atoms. The fourth-order valence-corrected chi connectivity index (χ4v) is 2.78. The van der Waals surface area contributed by atoms with Crippen molar-refractivity contribution in [1.29, 1.82) is 0 Å². The van der Waals surface area contributed by atoms with Crippen molar-refractivity contribution >= 4 is 40.2 Å². The van der Waals surface area contributed by atoms with Gasteiger partial charge in [0.25, 0.3) is 5.91 Å². The number of amides is 1. The van der Waals surface area contributed by atoms with Gasteiger partial charge in [-0.05, 0) is 48.7 Å². The van der Waals surface area contributed by atoms with Crippen LogP contribution >= 0.6 is 28.6 Å². The number of halogens is 3. The molecule has 6 heteroatoms. The molecular weight excluding hydrogens is 383 g/mol. The molecule has 2 N–H and O–H groups in total. The zero-order valence-corrected chi connectivity index (χ0v) is 15.0. The summed E-state index contributed by atoms with van der Waals surface area (Å²) in [5.41, 5.74) is 3.39. The third kappa shape index (κ3) is 3.85. The molecule has 0 unspecified atom stereocenters. The summed E-state index contributed by atoms with van der Waals surface area (Å²) < 4.78 is 13.8. The van der Waals surface area contributed by atoms with Gasteiger partial charge in [-0.25, -0.2) is 4.39 Å². The highest BCUT2D eigenvalue weighted by molar-refractivity contribution is 8.93. The van der Waals surface area contributed by atoms with Crippen LogP contribution in [0.25, 0.3) is 0 Å². The van der Waals surface area contributed by atoms with Crippen LogP contribution in [0.4, 0.5) is 10.1 Å². The fraction of sp³-hybridized carbons (Fsp3) is 0.235. The highest BCUT2D eigenvalue weighted by atomic mass is 79.9. The first-order valence-corrected chi connectivity index (χ1v) is 7.55. The molecule has 1 heterocycles. The highest BCUT2D eigenvalue weighted by Gasteiger charge is 2.17. The van der Waals surface area contributed by atoms with Gasteiger partial charge in [-0.3, -0.25) is 4.79 Å². The Hall–Kier alpha value is -1.59. The number of carbonyl (C=O) groups is 1. The van der Waals surface area contributed by atoms with Gasteiger partial charge in [-0.15, -0.1) is 17.0 Å². The maximum atomic E-state index is 13.8. The van der Waals surface area contributed by atoms with E-state index in [4.69, 9.17) is 11.6 Å². The zero-order chi connectivity index (χ0) is 15.7. The minimum absolute atomic E-state index is 0. The molecule has 0 aromatic heterocycles. The van der Waals surface area contributed by atoms with E-state index in [-0.39, 0.29) is 33.6 Å². The van der Waals surface area contributed by atoms with Crippen LogP contribution in [0.1, 0.15) is 34.5 Å². The number of hydrogen-bond donors (Lipinski definition) is 2. The molecule has 2 aromatic carbocycles. The van der Waals surface area contributed by atoms with Crippen molar-refractivity contribution < 1.29 is 9.18 Å². The fourth-order valence-electron chi connectivity index (χ4n) is 2.63. The van der Waals surface area contributed by atoms with Crippen LogP contribution in [0.15, 0.2) is 36.4 Å². The van der Waals surface area contributed by atoms with E-state index in [0.29, 0.717) is 0 Å². The van der Waals surface area contributed by atoms with Crippen LogP contribution in [0.3, 0.4) is 0 Å². The highest BCUT2D eigenvalue weighted by Crippen LogP contribution is 2.26. The molecule has 0 saturated heterocycles. The topological polar surface area (TPSA) is 41.1 Å². The number of anilines is 1. The van der Waals surface area contributed by atoms with Crippen molar-refractivity contribution in [3.8, 4) is 0 Å². The Morgan fingerprint density at radius 3 is 2.83 bits per heavy atom. The zero-order valence-electron chi connectivity index (χ0n) is 12.5. The number of hydrogen-bond acceptors (Lipinski definition) is 2. The maximum Gasteiger partial charge on any atom is 0.254 e. The summed E-state index contributed by atoms with van der Waals surface area (Å²) in [6.45, 7) is 2.82. The Labute approximate surface area is 150 Å². The van der Waals surface area contributed by atoms with Gasteiger partial charge in [0.2, 0.25) is 0 Å². The molecule has 1 atom stereocenters. The summed E-state index contributed by atoms with van der Waals surface area (Å²) in [5.74, 6) is -1.06. The normalized spacial score (nSPS) is 13.5. The Kier molecular flexibility index (Phi) is 5.65. The predicted molar refractivity (Wildman–Crippen MR) is 96.2 cm³/mol. The first-order valence-electron chi connectivity index (χ1n) is 7.17. The van der Waals surface area contributed by atoms with Crippen molar-refractivity contribution in [2.75, 3.05) is 11.9 Å². The SMILES string of the molecule is Br.C[C@@H](NC(=O)c1ccc(Cl)cc1F)c1ccc2c(c1)CCN2. The van der Waals surface area contributed by atoms with Gasteiger partial charge < -0.3 is 10.6 Å². The number of fused-ring (bicyclic) bond motifs is 1. The van der Waals surface area contributed by atoms with E-state index < -0.39 is 11.7 Å². The molecule has 0 radical (unpaired) electrons. The number of nitrogens with one attached hydrogen (secondary N) is 2. The first-order chi connectivity index (χ1) is 10.5. The van der Waals surface area contributed by atoms with E-state index in [1.807, 2.05) is 19.1 Å². The van der Waals surface area contributed by atoms with Crippen LogP contribution in [-0.4, -0.2) is 12.5 Å². The second kappa shape index (κ2) is 7.32. The Bertz CT molecular complexity index is 739. The summed E-state index contributed by atoms with van der Waals surface area (Å²) in [6.07, 6.45) is 0.982. The molecule has 0 fully saturated rings. The maximum absolute atomic E-state index is 13.8. The Balaban J connectivity index is 0.00000192. The van der Waals surface area contributed by atoms with Crippen molar-refractivity contribution in [3.63, 3.8) is 0 Å². The lowest BCUT2D eigenvalue weighted by Crippen LogP contribution is -2.27. The summed E-state index contributed by atoms with van der Waals surface area (Å²) in [7, 11) is 0. The van der Waals surface area contributed by atoms with Crippen LogP contribution in [-0.2, 0) is 6.42 Å². The molecule has 3 rings (SSSR count). The van der Waals surface area contributed by atoms with E-state index in [1.54, 1.807) is 0 Å². The molecule has 0 saturated carbocycles. The number of rotatable bonds is 3. The predicted octanol–water partition coefficient (Wildman–Crippen LogP) is 4.52. The molecule has 0 aliphatic carbocycles. The lowest BCUT2D eigenvalue weighted by Gasteiger charge is -2.16. The number of carbonyl (C=O) groups excluding carboxylic acids is 1. The van der Waals surface area contributed by atoms with Gasteiger partial charge in [0.05, 0.1) is 11.6 Å². The first kappa shape index (κ1) is 17.8. The van der Waals surface area contributed by atoms with Crippen LogP contribution in [0, 0.1) is 5.82 Å². The second-order valence-corrected chi connectivity index (χ2v) is 5.85. The van der Waals surface area contributed by atoms with Gasteiger partial charge in [-0.2, -0.15) is 0 Å². The van der Waals surface area contributed by atoms with E-state index in [2.05, 4.69) is 16.7 Å². The summed E-state index contributed by atoms with van der Waals surface area (Å²) in [5, 5.41) is 6.39. The van der Waals surface area contributed by atoms with Crippen molar-refractivity contribution in [2.45, 2.75) is 19.4 Å². The van der Waals surface area contributed by atoms with Crippen LogP contribution in [0.5, 0.6) is 0 Å². The summed E-state index contributed by atoms with van der Waals surface area (Å²) in [6, 6.07) is 9.91. The quantitative estimate of drug-likeness (QED) is 0.797. The molecule has 23 heavy (non-hydrogen) atoms. The van der Waals surface area contributed by atoms with E-state index in [0.717, 1.165) is 30.3 Å². The average Bonchev–Trinajstić information content (AvgIpc) is 2.94. The lowest BCUT2D eigenvalue weighted by molar-refractivity contribution is 0.0936. The van der Waals surface area contributed by atoms with E-state index in [9.17, 15) is 9.18 Å². The largest absolute Gasteiger partial charge is 0.384 e. The Morgan fingerprint density at radius 2 is 2.09 bits per heavy atom. The van der Waals surface area contributed by atoms with Crippen molar-refractivity contribution in [1.82, 2.24) is 5.32 Å². The molecule has 1 amide bonds. The van der Waals surface area contributed by atoms with E-state index in [1.165, 1.54) is 17.7 Å². The molecular formula is C17H17BrClFN2O. The monoisotopic (exact) mass is 398 g/mol. The summed E-state index contributed by atoms with van der Waals surface area (Å²) in [4.78, 5) is 12.2. The third-order valence-corrected chi connectivity index (χ3v) is 4.10. The van der Waals surface area contributed by atoms with Gasteiger partial charge >= 0.3 is 0 Å². The molecule has 1 aliphatic rings. The van der Waals surface area contributed by atoms with Crippen LogP contribution < -0.4 is 10.6 Å². The number of benzene rings is 2. The van der Waals surface area contributed by atoms with Gasteiger partial charge in [0, 0.05) is 17.3 Å². The standard InChI is InChI=1S/C17H16ClFN2O.BrH/c1-10(11-2-5-16-12(8-11)6-7-20-16)21-17(22)14-4-3-13(18)9-15(14)19;/h2-5,8-10,20H,6-7H2,1H3,(H,21,22);1H/t10-;/m1./s1. The van der Waals surface area contributed by atoms with Gasteiger partial charge in [0.15, 0.2) is 0 Å². The second-order valence-electron chi connectivity index (χ2n) is 5.41. The van der Waals surface area contributed by atoms with E-state index >= 15 is 0 Å². The van der Waals surface area contributed by atoms with Crippen molar-refractivity contribution in [2.24, 2.45) is 0 Å². The molecule has 122 valence electrons. The smallest absolute Gasteiger partial charge is 0.254 e. The molecule has 0 bridgehead atoms. The van der Waals surface area contributed by atoms with Gasteiger partial charge in [-0.1, -0.05) is 23.7 Å². The molecule has 1 aliphatic heterocycles. The minimum Gasteiger partial charge on any atom is -0.384 e. The molecule has 3 nitrogen and oxygen atoms in total. The third-order valence-electron chi connectivity index (χ3n) is 3.86. The Morgan fingerprint density at radius 1 is 1.30 bits per heavy atom. The van der Waals surface area contributed by atoms with Crippen LogP contribution in [0.2, 0.25) is 5.02 Å². The minimum atomic E-state index is -0.615. The van der Waals surface area contributed by atoms with Gasteiger partial charge in [0.1, 0.15) is 5.82 Å². The molecule has 2 aromatic rings. The average molecular weight is 400 g/mol. The lowest BCUT2D eigenvalue weighted by atomic mass is 10.0.